The molecule has 0 saturated carbocycles. The van der Waals surface area contributed by atoms with Gasteiger partial charge in [-0.25, -0.2) is 8.42 Å². The van der Waals surface area contributed by atoms with Crippen LogP contribution in [0.1, 0.15) is 18.4 Å². The van der Waals surface area contributed by atoms with E-state index in [1.165, 1.54) is 12.1 Å². The number of benzene rings is 3. The summed E-state index contributed by atoms with van der Waals surface area (Å²) in [5.41, 5.74) is 0.173. The number of carboxylic acid groups (broad SMARTS) is 1. The fourth-order valence-electron chi connectivity index (χ4n) is 3.79. The van der Waals surface area contributed by atoms with Gasteiger partial charge < -0.3 is 9.84 Å². The van der Waals surface area contributed by atoms with Crippen LogP contribution in [0.5, 0.6) is 5.75 Å². The number of hydrogen-bond acceptors (Lipinski definition) is 4. The number of hydrogen-bond donors (Lipinski definition) is 1. The Bertz CT molecular complexity index is 1430. The topological polar surface area (TPSA) is 83.9 Å². The van der Waals surface area contributed by atoms with Crippen molar-refractivity contribution >= 4 is 44.9 Å². The van der Waals surface area contributed by atoms with Crippen LogP contribution in [0.3, 0.4) is 0 Å². The van der Waals surface area contributed by atoms with Crippen LogP contribution in [0.25, 0.3) is 11.1 Å². The van der Waals surface area contributed by atoms with Crippen LogP contribution in [0.2, 0.25) is 10.0 Å². The predicted octanol–water partition coefficient (Wildman–Crippen LogP) is 6.50. The molecule has 36 heavy (non-hydrogen) atoms. The Morgan fingerprint density at radius 3 is 2.39 bits per heavy atom. The lowest BCUT2D eigenvalue weighted by atomic mass is 10.0. The highest BCUT2D eigenvalue weighted by atomic mass is 35.5. The molecule has 4 rings (SSSR count). The first-order valence-corrected chi connectivity index (χ1v) is 12.7. The molecular weight excluding hydrogens is 542 g/mol. The summed E-state index contributed by atoms with van der Waals surface area (Å²) in [5.74, 6) is -0.942. The maximum absolute atomic E-state index is 13.6. The molecule has 12 heteroatoms. The monoisotopic (exact) mass is 559 g/mol. The van der Waals surface area contributed by atoms with E-state index in [0.717, 1.165) is 22.5 Å². The van der Waals surface area contributed by atoms with E-state index in [1.807, 2.05) is 0 Å². The van der Waals surface area contributed by atoms with Crippen LogP contribution in [0, 0.1) is 0 Å². The summed E-state index contributed by atoms with van der Waals surface area (Å²) < 4.78 is 73.8. The number of nitrogens with zero attached hydrogens (tertiary/aromatic N) is 1. The Labute approximate surface area is 214 Å². The molecule has 0 unspecified atom stereocenters. The van der Waals surface area contributed by atoms with Gasteiger partial charge >= 0.3 is 12.1 Å². The molecule has 3 aromatic carbocycles. The van der Waals surface area contributed by atoms with Crippen molar-refractivity contribution < 1.29 is 36.2 Å². The molecule has 0 saturated heterocycles. The highest BCUT2D eigenvalue weighted by molar-refractivity contribution is 7.92. The molecule has 190 valence electrons. The third-order valence-electron chi connectivity index (χ3n) is 5.57. The number of aliphatic carboxylic acids is 1. The lowest BCUT2D eigenvalue weighted by Crippen LogP contribution is -2.43. The summed E-state index contributed by atoms with van der Waals surface area (Å²) in [7, 11) is -4.48. The molecule has 0 aromatic heterocycles. The predicted molar refractivity (Wildman–Crippen MR) is 129 cm³/mol. The Morgan fingerprint density at radius 2 is 1.72 bits per heavy atom. The number of carboxylic acids is 1. The number of ether oxygens (including phenoxy) is 1. The maximum atomic E-state index is 13.6. The van der Waals surface area contributed by atoms with E-state index < -0.39 is 38.7 Å². The molecular formula is C24H18Cl2F3NO5S. The highest BCUT2D eigenvalue weighted by Crippen LogP contribution is 2.42. The van der Waals surface area contributed by atoms with Crippen molar-refractivity contribution in [3.05, 3.63) is 76.3 Å². The molecule has 0 radical (unpaired) electrons. The second-order valence-corrected chi connectivity index (χ2v) is 10.7. The summed E-state index contributed by atoms with van der Waals surface area (Å²) in [6, 6.07) is 13.0. The van der Waals surface area contributed by atoms with Gasteiger partial charge in [0.15, 0.2) is 0 Å². The molecule has 3 aromatic rings. The van der Waals surface area contributed by atoms with Gasteiger partial charge in [0.25, 0.3) is 10.0 Å². The van der Waals surface area contributed by atoms with Crippen molar-refractivity contribution in [2.75, 3.05) is 10.8 Å². The number of carbonyl (C=O) groups is 1. The van der Waals surface area contributed by atoms with E-state index in [2.05, 4.69) is 0 Å². The van der Waals surface area contributed by atoms with Crippen molar-refractivity contribution in [1.82, 2.24) is 0 Å². The molecule has 6 nitrogen and oxygen atoms in total. The molecule has 1 atom stereocenters. The smallest absolute Gasteiger partial charge is 0.416 e. The summed E-state index contributed by atoms with van der Waals surface area (Å²) in [4.78, 5) is 10.5. The Kier molecular flexibility index (Phi) is 7.14. The summed E-state index contributed by atoms with van der Waals surface area (Å²) in [5, 5.41) is 9.65. The number of fused-ring (bicyclic) bond motifs is 1. The van der Waals surface area contributed by atoms with Gasteiger partial charge in [0, 0.05) is 6.42 Å². The Balaban J connectivity index is 1.81. The zero-order valence-electron chi connectivity index (χ0n) is 18.3. The molecule has 0 amide bonds. The second-order valence-electron chi connectivity index (χ2n) is 8.05. The van der Waals surface area contributed by atoms with Gasteiger partial charge in [-0.3, -0.25) is 9.10 Å². The molecule has 1 N–H and O–H groups in total. The molecule has 0 aliphatic carbocycles. The fourth-order valence-corrected chi connectivity index (χ4v) is 5.63. The highest BCUT2D eigenvalue weighted by Gasteiger charge is 2.37. The Hall–Kier alpha value is -2.95. The van der Waals surface area contributed by atoms with E-state index in [0.29, 0.717) is 22.2 Å². The average molecular weight is 560 g/mol. The number of anilines is 1. The van der Waals surface area contributed by atoms with Crippen LogP contribution in [-0.2, 0) is 21.0 Å². The molecule has 0 bridgehead atoms. The minimum absolute atomic E-state index is 0.00206. The van der Waals surface area contributed by atoms with Crippen LogP contribution >= 0.6 is 23.2 Å². The first kappa shape index (κ1) is 26.1. The summed E-state index contributed by atoms with van der Waals surface area (Å²) >= 11 is 12.1. The minimum atomic E-state index is -4.74. The zero-order valence-corrected chi connectivity index (χ0v) is 20.6. The minimum Gasteiger partial charge on any atom is -0.486 e. The summed E-state index contributed by atoms with van der Waals surface area (Å²) in [6.07, 6.45) is -5.85. The SMILES string of the molecule is O=C(O)CC[C@H]1CN(S(=O)(=O)c2cccc(C(F)(F)F)c2)c2cc(-c3ccc(Cl)c(Cl)c3)ccc2O1. The number of halogens is 5. The van der Waals surface area contributed by atoms with Crippen molar-refractivity contribution in [1.29, 1.82) is 0 Å². The van der Waals surface area contributed by atoms with Gasteiger partial charge in [0.2, 0.25) is 0 Å². The van der Waals surface area contributed by atoms with Crippen molar-refractivity contribution in [2.24, 2.45) is 0 Å². The first-order valence-electron chi connectivity index (χ1n) is 10.5. The third kappa shape index (κ3) is 5.40. The Morgan fingerprint density at radius 1 is 1.03 bits per heavy atom. The zero-order chi connectivity index (χ0) is 26.3. The second kappa shape index (κ2) is 9.84. The van der Waals surface area contributed by atoms with E-state index in [4.69, 9.17) is 33.0 Å². The molecule has 0 spiro atoms. The lowest BCUT2D eigenvalue weighted by Gasteiger charge is -2.36. The van der Waals surface area contributed by atoms with Crippen LogP contribution < -0.4 is 9.04 Å². The molecule has 1 aliphatic rings. The number of sulfonamides is 1. The van der Waals surface area contributed by atoms with Crippen molar-refractivity contribution in [3.8, 4) is 16.9 Å². The van der Waals surface area contributed by atoms with Crippen molar-refractivity contribution in [3.63, 3.8) is 0 Å². The largest absolute Gasteiger partial charge is 0.486 e. The van der Waals surface area contributed by atoms with Crippen LogP contribution in [0.15, 0.2) is 65.6 Å². The van der Waals surface area contributed by atoms with Gasteiger partial charge in [0.1, 0.15) is 11.9 Å². The van der Waals surface area contributed by atoms with E-state index >= 15 is 0 Å². The maximum Gasteiger partial charge on any atom is 0.416 e. The third-order valence-corrected chi connectivity index (χ3v) is 8.09. The fraction of sp³-hybridized carbons (Fsp3) is 0.208. The number of alkyl halides is 3. The van der Waals surface area contributed by atoms with Crippen LogP contribution in [-0.4, -0.2) is 32.1 Å². The van der Waals surface area contributed by atoms with Gasteiger partial charge in [-0.05, 0) is 60.0 Å². The molecule has 1 aliphatic heterocycles. The first-order chi connectivity index (χ1) is 16.9. The van der Waals surface area contributed by atoms with E-state index in [9.17, 15) is 26.4 Å². The quantitative estimate of drug-likeness (QED) is 0.372. The lowest BCUT2D eigenvalue weighted by molar-refractivity contribution is -0.138. The number of rotatable bonds is 6. The van der Waals surface area contributed by atoms with Crippen LogP contribution in [0.4, 0.5) is 18.9 Å². The summed E-state index contributed by atoms with van der Waals surface area (Å²) in [6.45, 7) is -0.288. The van der Waals surface area contributed by atoms with Gasteiger partial charge in [-0.15, -0.1) is 0 Å². The van der Waals surface area contributed by atoms with Gasteiger partial charge in [0.05, 0.1) is 32.7 Å². The molecule has 0 fully saturated rings. The van der Waals surface area contributed by atoms with E-state index in [1.54, 1.807) is 24.3 Å². The van der Waals surface area contributed by atoms with Crippen molar-refractivity contribution in [2.45, 2.75) is 30.0 Å². The van der Waals surface area contributed by atoms with Gasteiger partial charge in [-0.1, -0.05) is 41.4 Å². The average Bonchev–Trinajstić information content (AvgIpc) is 2.83. The standard InChI is InChI=1S/C24H18Cl2F3NO5S/c25-19-7-4-14(10-20(19)26)15-5-8-22-21(11-15)30(13-17(35-22)6-9-23(31)32)36(33,34)18-3-1-2-16(12-18)24(27,28)29/h1-5,7-8,10-12,17H,6,9,13H2,(H,31,32)/t17-/m0/s1. The molecule has 1 heterocycles. The van der Waals surface area contributed by atoms with E-state index in [-0.39, 0.29) is 35.8 Å². The van der Waals surface area contributed by atoms with Gasteiger partial charge in [-0.2, -0.15) is 13.2 Å². The normalized spacial score (nSPS) is 15.8.